The van der Waals surface area contributed by atoms with Gasteiger partial charge in [-0.15, -0.1) is 0 Å². The topological polar surface area (TPSA) is 0 Å². The smallest absolute Gasteiger partial charge is 0.0333 e. The summed E-state index contributed by atoms with van der Waals surface area (Å²) < 4.78 is 0. The summed E-state index contributed by atoms with van der Waals surface area (Å²) in [4.78, 5) is 0. The Kier molecular flexibility index (Phi) is 1.79. The van der Waals surface area contributed by atoms with E-state index in [2.05, 4.69) is 20.3 Å². The van der Waals surface area contributed by atoms with Crippen LogP contribution in [0, 0.1) is 17.8 Å². The highest BCUT2D eigenvalue weighted by atomic mass is 35.5. The maximum Gasteiger partial charge on any atom is 0.0333 e. The van der Waals surface area contributed by atoms with Gasteiger partial charge in [-0.25, -0.2) is 0 Å². The summed E-state index contributed by atoms with van der Waals surface area (Å²) in [6, 6.07) is 0. The molecular formula is C7H9Cl2. The van der Waals surface area contributed by atoms with Crippen LogP contribution < -0.4 is 0 Å². The van der Waals surface area contributed by atoms with Crippen LogP contribution in [-0.4, -0.2) is 0 Å². The number of allylic oxidation sites excluding steroid dienone is 1. The van der Waals surface area contributed by atoms with Gasteiger partial charge in [-0.1, -0.05) is 37.0 Å². The molecular weight excluding hydrogens is 155 g/mol. The Balaban J connectivity index is 2.52. The predicted molar refractivity (Wildman–Crippen MR) is 41.4 cm³/mol. The van der Waals surface area contributed by atoms with Gasteiger partial charge in [0.2, 0.25) is 0 Å². The molecule has 1 unspecified atom stereocenters. The van der Waals surface area contributed by atoms with Gasteiger partial charge in [0.1, 0.15) is 0 Å². The molecule has 1 atom stereocenters. The highest BCUT2D eigenvalue weighted by molar-refractivity contribution is 6.37. The van der Waals surface area contributed by atoms with Crippen molar-refractivity contribution in [3.63, 3.8) is 0 Å². The van der Waals surface area contributed by atoms with Crippen molar-refractivity contribution in [2.45, 2.75) is 13.8 Å². The van der Waals surface area contributed by atoms with E-state index in [0.717, 1.165) is 5.03 Å². The zero-order valence-electron chi connectivity index (χ0n) is 5.49. The van der Waals surface area contributed by atoms with Gasteiger partial charge in [0, 0.05) is 16.5 Å². The lowest BCUT2D eigenvalue weighted by Gasteiger charge is -1.98. The summed E-state index contributed by atoms with van der Waals surface area (Å²) in [5.74, 6) is 0.400. The predicted octanol–water partition coefficient (Wildman–Crippen LogP) is 3.17. The van der Waals surface area contributed by atoms with Crippen molar-refractivity contribution >= 4 is 23.2 Å². The zero-order valence-corrected chi connectivity index (χ0v) is 7.00. The molecule has 0 heterocycles. The minimum Gasteiger partial charge on any atom is -0.0917 e. The van der Waals surface area contributed by atoms with E-state index in [1.165, 1.54) is 5.54 Å². The van der Waals surface area contributed by atoms with E-state index < -0.39 is 0 Å². The van der Waals surface area contributed by atoms with E-state index in [1.54, 1.807) is 0 Å². The van der Waals surface area contributed by atoms with Gasteiger partial charge in [-0.2, -0.15) is 0 Å². The van der Waals surface area contributed by atoms with Crippen molar-refractivity contribution in [2.75, 3.05) is 0 Å². The van der Waals surface area contributed by atoms with Crippen LogP contribution in [0.3, 0.4) is 0 Å². The van der Waals surface area contributed by atoms with Crippen molar-refractivity contribution in [2.24, 2.45) is 11.3 Å². The molecule has 0 aliphatic heterocycles. The fourth-order valence-electron chi connectivity index (χ4n) is 0.884. The van der Waals surface area contributed by atoms with E-state index in [4.69, 9.17) is 23.2 Å². The van der Waals surface area contributed by atoms with Crippen LogP contribution in [-0.2, 0) is 0 Å². The molecule has 1 aliphatic rings. The number of halogens is 2. The molecule has 0 nitrogen and oxygen atoms in total. The summed E-state index contributed by atoms with van der Waals surface area (Å²) in [7, 11) is 0. The normalized spacial score (nSPS) is 32.4. The number of hydrogen-bond donors (Lipinski definition) is 0. The second-order valence-electron chi connectivity index (χ2n) is 2.96. The lowest BCUT2D eigenvalue weighted by Crippen LogP contribution is -1.88. The standard InChI is InChI=1S/C7H9Cl2/c1-7(2)3-5(7)6(9)4-8/h3-5H,1-2H3. The van der Waals surface area contributed by atoms with E-state index in [-0.39, 0.29) is 5.41 Å². The summed E-state index contributed by atoms with van der Waals surface area (Å²) in [5.41, 5.74) is 1.72. The molecule has 0 aromatic rings. The van der Waals surface area contributed by atoms with Gasteiger partial charge in [-0.3, -0.25) is 0 Å². The van der Waals surface area contributed by atoms with Crippen LogP contribution in [0.15, 0.2) is 10.6 Å². The Bertz CT molecular complexity index is 147. The van der Waals surface area contributed by atoms with Gasteiger partial charge >= 0.3 is 0 Å². The van der Waals surface area contributed by atoms with Crippen LogP contribution in [0.5, 0.6) is 0 Å². The Morgan fingerprint density at radius 1 is 1.67 bits per heavy atom. The second-order valence-corrected chi connectivity index (χ2v) is 3.61. The molecule has 1 aliphatic carbocycles. The maximum absolute atomic E-state index is 5.75. The van der Waals surface area contributed by atoms with Gasteiger partial charge in [0.15, 0.2) is 0 Å². The van der Waals surface area contributed by atoms with E-state index in [1.807, 2.05) is 0 Å². The molecule has 1 fully saturated rings. The Morgan fingerprint density at radius 2 is 2.11 bits per heavy atom. The molecule has 0 bridgehead atoms. The van der Waals surface area contributed by atoms with Crippen LogP contribution in [0.4, 0.5) is 0 Å². The first-order valence-corrected chi connectivity index (χ1v) is 3.71. The third kappa shape index (κ3) is 1.42. The fraction of sp³-hybridized carbons (Fsp3) is 0.571. The van der Waals surface area contributed by atoms with Crippen molar-refractivity contribution in [1.82, 2.24) is 0 Å². The largest absolute Gasteiger partial charge is 0.0917 e. The summed E-state index contributed by atoms with van der Waals surface area (Å²) >= 11 is 11.1. The van der Waals surface area contributed by atoms with Crippen LogP contribution in [0.25, 0.3) is 0 Å². The Hall–Kier alpha value is 0.320. The molecule has 0 amide bonds. The lowest BCUT2D eigenvalue weighted by atomic mass is 10.1. The minimum absolute atomic E-state index is 0.280. The monoisotopic (exact) mass is 163 g/mol. The Labute approximate surface area is 65.8 Å². The van der Waals surface area contributed by atoms with Crippen molar-refractivity contribution in [1.29, 1.82) is 0 Å². The van der Waals surface area contributed by atoms with Crippen LogP contribution in [0.2, 0.25) is 0 Å². The quantitative estimate of drug-likeness (QED) is 0.558. The minimum atomic E-state index is 0.280. The molecule has 0 saturated heterocycles. The zero-order chi connectivity index (χ0) is 7.07. The van der Waals surface area contributed by atoms with Gasteiger partial charge in [-0.05, 0) is 11.8 Å². The van der Waals surface area contributed by atoms with Crippen LogP contribution in [0.1, 0.15) is 13.8 Å². The summed E-state index contributed by atoms with van der Waals surface area (Å²) in [6.07, 6.45) is 2.17. The van der Waals surface area contributed by atoms with Gasteiger partial charge < -0.3 is 0 Å². The molecule has 0 aromatic carbocycles. The highest BCUT2D eigenvalue weighted by Crippen LogP contribution is 2.55. The summed E-state index contributed by atoms with van der Waals surface area (Å²) in [6.45, 7) is 4.28. The highest BCUT2D eigenvalue weighted by Gasteiger charge is 2.47. The summed E-state index contributed by atoms with van der Waals surface area (Å²) in [5, 5.41) is 0.752. The van der Waals surface area contributed by atoms with Gasteiger partial charge in [0.25, 0.3) is 0 Å². The first kappa shape index (κ1) is 7.43. The molecule has 0 N–H and O–H groups in total. The molecule has 51 valence electrons. The van der Waals surface area contributed by atoms with E-state index in [9.17, 15) is 0 Å². The average Bonchev–Trinajstić information content (AvgIpc) is 2.38. The third-order valence-corrected chi connectivity index (χ3v) is 2.38. The van der Waals surface area contributed by atoms with Crippen LogP contribution >= 0.6 is 23.2 Å². The van der Waals surface area contributed by atoms with E-state index >= 15 is 0 Å². The second kappa shape index (κ2) is 2.17. The molecule has 9 heavy (non-hydrogen) atoms. The first-order chi connectivity index (χ1) is 4.08. The maximum atomic E-state index is 5.75. The Morgan fingerprint density at radius 3 is 2.22 bits per heavy atom. The number of hydrogen-bond acceptors (Lipinski definition) is 0. The van der Waals surface area contributed by atoms with Gasteiger partial charge in [0.05, 0.1) is 0 Å². The molecule has 1 saturated carbocycles. The fourth-order valence-corrected chi connectivity index (χ4v) is 1.36. The molecule has 2 heteroatoms. The molecule has 1 radical (unpaired) electrons. The van der Waals surface area contributed by atoms with Crippen molar-refractivity contribution in [3.8, 4) is 0 Å². The van der Waals surface area contributed by atoms with Crippen molar-refractivity contribution < 1.29 is 0 Å². The van der Waals surface area contributed by atoms with Crippen molar-refractivity contribution in [3.05, 3.63) is 17.0 Å². The molecule has 0 spiro atoms. The van der Waals surface area contributed by atoms with E-state index in [0.29, 0.717) is 5.92 Å². The number of rotatable bonds is 1. The molecule has 0 aromatic heterocycles. The lowest BCUT2D eigenvalue weighted by molar-refractivity contribution is 0.621. The first-order valence-electron chi connectivity index (χ1n) is 2.90. The average molecular weight is 164 g/mol. The SMILES string of the molecule is CC1(C)[CH]C1C(Cl)=CCl. The third-order valence-electron chi connectivity index (χ3n) is 1.69. The molecule has 1 rings (SSSR count).